The SMILES string of the molecule is CCOc1ccc(NC(=O)NCC(=O)N2CCc3sccc3C2)cc1. The third-order valence-corrected chi connectivity index (χ3v) is 5.01. The maximum absolute atomic E-state index is 12.3. The minimum Gasteiger partial charge on any atom is -0.494 e. The van der Waals surface area contributed by atoms with Crippen LogP contribution in [0.1, 0.15) is 17.4 Å². The van der Waals surface area contributed by atoms with Gasteiger partial charge < -0.3 is 20.3 Å². The van der Waals surface area contributed by atoms with Gasteiger partial charge in [-0.2, -0.15) is 0 Å². The van der Waals surface area contributed by atoms with Crippen molar-refractivity contribution in [3.8, 4) is 5.75 Å². The first-order valence-corrected chi connectivity index (χ1v) is 9.14. The van der Waals surface area contributed by atoms with E-state index in [0.717, 1.165) is 12.2 Å². The average molecular weight is 359 g/mol. The number of carbonyl (C=O) groups excluding carboxylic acids is 2. The van der Waals surface area contributed by atoms with Gasteiger partial charge in [0.15, 0.2) is 0 Å². The number of hydrogen-bond donors (Lipinski definition) is 2. The van der Waals surface area contributed by atoms with Gasteiger partial charge in [-0.1, -0.05) is 0 Å². The summed E-state index contributed by atoms with van der Waals surface area (Å²) in [4.78, 5) is 27.4. The van der Waals surface area contributed by atoms with Crippen LogP contribution in [0.25, 0.3) is 0 Å². The van der Waals surface area contributed by atoms with E-state index in [-0.39, 0.29) is 12.5 Å². The second kappa shape index (κ2) is 8.02. The molecule has 6 nitrogen and oxygen atoms in total. The van der Waals surface area contributed by atoms with Crippen LogP contribution in [0.4, 0.5) is 10.5 Å². The third-order valence-electron chi connectivity index (χ3n) is 3.98. The Morgan fingerprint density at radius 3 is 2.80 bits per heavy atom. The molecule has 3 amide bonds. The largest absolute Gasteiger partial charge is 0.494 e. The van der Waals surface area contributed by atoms with Crippen LogP contribution in [-0.2, 0) is 17.8 Å². The molecule has 1 aliphatic rings. The molecule has 2 aromatic rings. The van der Waals surface area contributed by atoms with E-state index in [1.165, 1.54) is 10.4 Å². The number of rotatable bonds is 5. The number of amides is 3. The Labute approximate surface area is 150 Å². The van der Waals surface area contributed by atoms with E-state index in [9.17, 15) is 9.59 Å². The van der Waals surface area contributed by atoms with E-state index in [2.05, 4.69) is 22.1 Å². The van der Waals surface area contributed by atoms with Gasteiger partial charge in [-0.05, 0) is 54.6 Å². The standard InChI is InChI=1S/C18H21N3O3S/c1-2-24-15-5-3-14(4-6-15)20-18(23)19-11-17(22)21-9-7-16-13(12-21)8-10-25-16/h3-6,8,10H,2,7,9,11-12H2,1H3,(H2,19,20,23). The summed E-state index contributed by atoms with van der Waals surface area (Å²) in [6.07, 6.45) is 0.886. The second-order valence-electron chi connectivity index (χ2n) is 5.70. The molecule has 0 unspecified atom stereocenters. The molecule has 0 radical (unpaired) electrons. The van der Waals surface area contributed by atoms with Gasteiger partial charge in [-0.25, -0.2) is 4.79 Å². The van der Waals surface area contributed by atoms with Crippen LogP contribution in [0.3, 0.4) is 0 Å². The quantitative estimate of drug-likeness (QED) is 0.862. The molecule has 0 spiro atoms. The summed E-state index contributed by atoms with van der Waals surface area (Å²) in [6, 6.07) is 8.76. The smallest absolute Gasteiger partial charge is 0.319 e. The predicted molar refractivity (Wildman–Crippen MR) is 98.1 cm³/mol. The first-order chi connectivity index (χ1) is 12.2. The molecule has 1 aliphatic heterocycles. The molecule has 0 bridgehead atoms. The second-order valence-corrected chi connectivity index (χ2v) is 6.70. The Balaban J connectivity index is 1.45. The summed E-state index contributed by atoms with van der Waals surface area (Å²) < 4.78 is 5.35. The highest BCUT2D eigenvalue weighted by atomic mass is 32.1. The molecular weight excluding hydrogens is 338 g/mol. The maximum Gasteiger partial charge on any atom is 0.319 e. The van der Waals surface area contributed by atoms with Crippen molar-refractivity contribution in [2.75, 3.05) is 25.0 Å². The summed E-state index contributed by atoms with van der Waals surface area (Å²) in [5.41, 5.74) is 1.86. The normalized spacial score (nSPS) is 13.1. The molecule has 25 heavy (non-hydrogen) atoms. The number of urea groups is 1. The van der Waals surface area contributed by atoms with E-state index < -0.39 is 6.03 Å². The highest BCUT2D eigenvalue weighted by Crippen LogP contribution is 2.23. The lowest BCUT2D eigenvalue weighted by Gasteiger charge is -2.27. The summed E-state index contributed by atoms with van der Waals surface area (Å²) in [5.74, 6) is 0.681. The van der Waals surface area contributed by atoms with Crippen LogP contribution >= 0.6 is 11.3 Å². The fraction of sp³-hybridized carbons (Fsp3) is 0.333. The summed E-state index contributed by atoms with van der Waals surface area (Å²) in [6.45, 7) is 3.83. The Bertz CT molecular complexity index is 742. The van der Waals surface area contributed by atoms with E-state index in [4.69, 9.17) is 4.74 Å². The fourth-order valence-electron chi connectivity index (χ4n) is 2.71. The van der Waals surface area contributed by atoms with Crippen LogP contribution in [0, 0.1) is 0 Å². The number of hydrogen-bond acceptors (Lipinski definition) is 4. The number of anilines is 1. The van der Waals surface area contributed by atoms with Crippen LogP contribution in [0.5, 0.6) is 5.75 Å². The van der Waals surface area contributed by atoms with Crippen molar-refractivity contribution < 1.29 is 14.3 Å². The number of ether oxygens (including phenoxy) is 1. The minimum absolute atomic E-state index is 0.0116. The van der Waals surface area contributed by atoms with Crippen LogP contribution in [0.15, 0.2) is 35.7 Å². The van der Waals surface area contributed by atoms with Gasteiger partial charge in [0.05, 0.1) is 13.2 Å². The zero-order valence-electron chi connectivity index (χ0n) is 14.1. The lowest BCUT2D eigenvalue weighted by molar-refractivity contribution is -0.130. The van der Waals surface area contributed by atoms with Gasteiger partial charge >= 0.3 is 6.03 Å². The van der Waals surface area contributed by atoms with Crippen LogP contribution in [-0.4, -0.2) is 36.5 Å². The molecule has 0 atom stereocenters. The lowest BCUT2D eigenvalue weighted by Crippen LogP contribution is -2.43. The topological polar surface area (TPSA) is 70.7 Å². The van der Waals surface area contributed by atoms with Gasteiger partial charge in [-0.3, -0.25) is 4.79 Å². The van der Waals surface area contributed by atoms with Crippen molar-refractivity contribution in [3.05, 3.63) is 46.2 Å². The number of thiophene rings is 1. The van der Waals surface area contributed by atoms with Gasteiger partial charge in [0.25, 0.3) is 0 Å². The number of benzene rings is 1. The molecule has 7 heteroatoms. The summed E-state index contributed by atoms with van der Waals surface area (Å²) >= 11 is 1.74. The molecular formula is C18H21N3O3S. The highest BCUT2D eigenvalue weighted by molar-refractivity contribution is 7.10. The van der Waals surface area contributed by atoms with Crippen molar-refractivity contribution in [2.45, 2.75) is 19.9 Å². The van der Waals surface area contributed by atoms with E-state index >= 15 is 0 Å². The number of fused-ring (bicyclic) bond motifs is 1. The zero-order chi connectivity index (χ0) is 17.6. The van der Waals surface area contributed by atoms with Crippen molar-refractivity contribution in [1.82, 2.24) is 10.2 Å². The number of carbonyl (C=O) groups is 2. The Hall–Kier alpha value is -2.54. The minimum atomic E-state index is -0.397. The number of nitrogens with zero attached hydrogens (tertiary/aromatic N) is 1. The van der Waals surface area contributed by atoms with E-state index in [1.807, 2.05) is 6.92 Å². The van der Waals surface area contributed by atoms with Gasteiger partial charge in [0.2, 0.25) is 5.91 Å². The van der Waals surface area contributed by atoms with Gasteiger partial charge in [-0.15, -0.1) is 11.3 Å². The Morgan fingerprint density at radius 2 is 2.04 bits per heavy atom. The zero-order valence-corrected chi connectivity index (χ0v) is 14.9. The monoisotopic (exact) mass is 359 g/mol. The fourth-order valence-corrected chi connectivity index (χ4v) is 3.60. The Morgan fingerprint density at radius 1 is 1.24 bits per heavy atom. The molecule has 0 saturated carbocycles. The van der Waals surface area contributed by atoms with Crippen LogP contribution in [0.2, 0.25) is 0 Å². The first kappa shape index (κ1) is 17.3. The molecule has 1 aromatic heterocycles. The van der Waals surface area contributed by atoms with Crippen LogP contribution < -0.4 is 15.4 Å². The van der Waals surface area contributed by atoms with Gasteiger partial charge in [0, 0.05) is 23.7 Å². The molecule has 0 fully saturated rings. The van der Waals surface area contributed by atoms with Crippen molar-refractivity contribution >= 4 is 29.0 Å². The molecule has 1 aromatic carbocycles. The first-order valence-electron chi connectivity index (χ1n) is 8.26. The van der Waals surface area contributed by atoms with E-state index in [1.54, 1.807) is 40.5 Å². The molecule has 2 heterocycles. The van der Waals surface area contributed by atoms with Crippen molar-refractivity contribution in [1.29, 1.82) is 0 Å². The van der Waals surface area contributed by atoms with E-state index in [0.29, 0.717) is 25.4 Å². The third kappa shape index (κ3) is 4.51. The molecule has 0 aliphatic carbocycles. The van der Waals surface area contributed by atoms with Crippen molar-refractivity contribution in [2.24, 2.45) is 0 Å². The predicted octanol–water partition coefficient (Wildman–Crippen LogP) is 2.85. The average Bonchev–Trinajstić information content (AvgIpc) is 3.09. The highest BCUT2D eigenvalue weighted by Gasteiger charge is 2.21. The Kier molecular flexibility index (Phi) is 5.55. The van der Waals surface area contributed by atoms with Crippen molar-refractivity contribution in [3.63, 3.8) is 0 Å². The summed E-state index contributed by atoms with van der Waals surface area (Å²) in [7, 11) is 0. The number of nitrogens with one attached hydrogen (secondary N) is 2. The molecule has 0 saturated heterocycles. The van der Waals surface area contributed by atoms with Gasteiger partial charge in [0.1, 0.15) is 5.75 Å². The summed E-state index contributed by atoms with van der Waals surface area (Å²) in [5, 5.41) is 7.38. The molecule has 3 rings (SSSR count). The molecule has 132 valence electrons. The maximum atomic E-state index is 12.3. The lowest BCUT2D eigenvalue weighted by atomic mass is 10.1. The molecule has 2 N–H and O–H groups in total.